The number of rotatable bonds is 4. The Labute approximate surface area is 136 Å². The van der Waals surface area contributed by atoms with Gasteiger partial charge in [-0.3, -0.25) is 0 Å². The summed E-state index contributed by atoms with van der Waals surface area (Å²) in [6.45, 7) is 1.66. The van der Waals surface area contributed by atoms with Gasteiger partial charge in [-0.15, -0.1) is 0 Å². The molecule has 1 heterocycles. The van der Waals surface area contributed by atoms with E-state index in [2.05, 4.69) is 26.6 Å². The third-order valence-electron chi connectivity index (χ3n) is 3.12. The molecule has 0 aromatic heterocycles. The number of nitriles is 1. The molecule has 2 amide bonds. The number of allylic oxidation sites excluding steroid dienone is 1. The standard InChI is InChI=1S/C15H14BrN3O3/c1-9-12(14(20)22-7-3-6-17)13(19-15(21)18-9)10-4-2-5-11(16)8-10/h2,4-5,8,13H,3,7H2,1H3,(H2,18,19,21). The maximum atomic E-state index is 12.3. The van der Waals surface area contributed by atoms with Crippen LogP contribution in [0.2, 0.25) is 0 Å². The number of carbonyl (C=O) groups is 2. The molecule has 1 unspecified atom stereocenters. The molecular formula is C15H14BrN3O3. The number of benzene rings is 1. The Bertz CT molecular complexity index is 679. The van der Waals surface area contributed by atoms with Crippen molar-refractivity contribution in [2.75, 3.05) is 6.61 Å². The molecule has 1 aliphatic heterocycles. The highest BCUT2D eigenvalue weighted by Gasteiger charge is 2.32. The zero-order valence-electron chi connectivity index (χ0n) is 11.9. The van der Waals surface area contributed by atoms with E-state index in [0.29, 0.717) is 11.3 Å². The second-order valence-corrected chi connectivity index (χ2v) is 5.58. The largest absolute Gasteiger partial charge is 0.461 e. The highest BCUT2D eigenvalue weighted by atomic mass is 79.9. The van der Waals surface area contributed by atoms with Gasteiger partial charge in [0, 0.05) is 10.2 Å². The molecule has 22 heavy (non-hydrogen) atoms. The van der Waals surface area contributed by atoms with Crippen LogP contribution in [-0.4, -0.2) is 18.6 Å². The second-order valence-electron chi connectivity index (χ2n) is 4.67. The molecule has 0 fully saturated rings. The lowest BCUT2D eigenvalue weighted by atomic mass is 9.96. The van der Waals surface area contributed by atoms with E-state index in [1.807, 2.05) is 30.3 Å². The fourth-order valence-electron chi connectivity index (χ4n) is 2.17. The summed E-state index contributed by atoms with van der Waals surface area (Å²) in [5, 5.41) is 13.8. The van der Waals surface area contributed by atoms with Gasteiger partial charge in [0.15, 0.2) is 0 Å². The van der Waals surface area contributed by atoms with Gasteiger partial charge >= 0.3 is 12.0 Å². The van der Waals surface area contributed by atoms with E-state index in [0.717, 1.165) is 10.0 Å². The van der Waals surface area contributed by atoms with E-state index in [9.17, 15) is 9.59 Å². The first-order chi connectivity index (χ1) is 10.5. The van der Waals surface area contributed by atoms with Crippen LogP contribution in [0.5, 0.6) is 0 Å². The highest BCUT2D eigenvalue weighted by Crippen LogP contribution is 2.29. The van der Waals surface area contributed by atoms with E-state index in [1.54, 1.807) is 6.92 Å². The molecule has 0 saturated heterocycles. The Kier molecular flexibility index (Phi) is 5.17. The summed E-state index contributed by atoms with van der Waals surface area (Å²) < 4.78 is 5.93. The lowest BCUT2D eigenvalue weighted by Crippen LogP contribution is -2.45. The monoisotopic (exact) mass is 363 g/mol. The molecule has 1 atom stereocenters. The van der Waals surface area contributed by atoms with Crippen molar-refractivity contribution in [1.82, 2.24) is 10.6 Å². The summed E-state index contributed by atoms with van der Waals surface area (Å²) in [6.07, 6.45) is 0.124. The molecule has 6 nitrogen and oxygen atoms in total. The number of nitrogens with one attached hydrogen (secondary N) is 2. The van der Waals surface area contributed by atoms with Crippen molar-refractivity contribution in [2.24, 2.45) is 0 Å². The predicted molar refractivity (Wildman–Crippen MR) is 82.4 cm³/mol. The smallest absolute Gasteiger partial charge is 0.338 e. The number of halogens is 1. The molecule has 2 N–H and O–H groups in total. The molecule has 0 aliphatic carbocycles. The van der Waals surface area contributed by atoms with Crippen molar-refractivity contribution >= 4 is 27.9 Å². The molecule has 0 spiro atoms. The van der Waals surface area contributed by atoms with Crippen molar-refractivity contribution in [3.05, 3.63) is 45.6 Å². The first-order valence-corrected chi connectivity index (χ1v) is 7.40. The molecule has 2 rings (SSSR count). The SMILES string of the molecule is CC1=C(C(=O)OCCC#N)C(c2cccc(Br)c2)NC(=O)N1. The number of urea groups is 1. The molecule has 0 bridgehead atoms. The van der Waals surface area contributed by atoms with Gasteiger partial charge in [0.25, 0.3) is 0 Å². The van der Waals surface area contributed by atoms with Crippen LogP contribution in [0.4, 0.5) is 4.79 Å². The van der Waals surface area contributed by atoms with Gasteiger partial charge in [0.2, 0.25) is 0 Å². The third-order valence-corrected chi connectivity index (χ3v) is 3.61. The Balaban J connectivity index is 2.33. The second kappa shape index (κ2) is 7.09. The lowest BCUT2D eigenvalue weighted by molar-refractivity contribution is -0.139. The molecule has 114 valence electrons. The number of amides is 2. The Hall–Kier alpha value is -2.33. The summed E-state index contributed by atoms with van der Waals surface area (Å²) in [6, 6.07) is 8.25. The number of ether oxygens (including phenoxy) is 1. The van der Waals surface area contributed by atoms with Crippen LogP contribution in [0.1, 0.15) is 24.9 Å². The van der Waals surface area contributed by atoms with Crippen LogP contribution in [0.15, 0.2) is 40.0 Å². The molecule has 1 aromatic carbocycles. The van der Waals surface area contributed by atoms with E-state index >= 15 is 0 Å². The van der Waals surface area contributed by atoms with E-state index in [4.69, 9.17) is 10.00 Å². The van der Waals surface area contributed by atoms with Crippen molar-refractivity contribution < 1.29 is 14.3 Å². The summed E-state index contributed by atoms with van der Waals surface area (Å²) in [4.78, 5) is 24.0. The maximum Gasteiger partial charge on any atom is 0.338 e. The minimum absolute atomic E-state index is 0.0191. The lowest BCUT2D eigenvalue weighted by Gasteiger charge is -2.28. The van der Waals surface area contributed by atoms with Crippen LogP contribution in [0.25, 0.3) is 0 Å². The molecule has 1 aromatic rings. The van der Waals surface area contributed by atoms with Crippen LogP contribution in [-0.2, 0) is 9.53 Å². The minimum Gasteiger partial charge on any atom is -0.461 e. The Morgan fingerprint density at radius 2 is 2.27 bits per heavy atom. The average Bonchev–Trinajstić information content (AvgIpc) is 2.46. The van der Waals surface area contributed by atoms with Gasteiger partial charge in [0.05, 0.1) is 24.1 Å². The molecular weight excluding hydrogens is 350 g/mol. The van der Waals surface area contributed by atoms with Crippen LogP contribution < -0.4 is 10.6 Å². The van der Waals surface area contributed by atoms with Gasteiger partial charge in [-0.1, -0.05) is 28.1 Å². The van der Waals surface area contributed by atoms with Crippen LogP contribution >= 0.6 is 15.9 Å². The van der Waals surface area contributed by atoms with Gasteiger partial charge in [-0.2, -0.15) is 5.26 Å². The van der Waals surface area contributed by atoms with E-state index < -0.39 is 12.0 Å². The van der Waals surface area contributed by atoms with Crippen LogP contribution in [0, 0.1) is 11.3 Å². The number of hydrogen-bond acceptors (Lipinski definition) is 4. The van der Waals surface area contributed by atoms with E-state index in [1.165, 1.54) is 0 Å². The summed E-state index contributed by atoms with van der Waals surface area (Å²) >= 11 is 3.37. The van der Waals surface area contributed by atoms with Gasteiger partial charge in [0.1, 0.15) is 6.61 Å². The normalized spacial score (nSPS) is 17.3. The molecule has 1 aliphatic rings. The quantitative estimate of drug-likeness (QED) is 0.635. The highest BCUT2D eigenvalue weighted by molar-refractivity contribution is 9.10. The maximum absolute atomic E-state index is 12.3. The Morgan fingerprint density at radius 1 is 1.50 bits per heavy atom. The molecule has 0 radical (unpaired) electrons. The van der Waals surface area contributed by atoms with Crippen molar-refractivity contribution in [3.63, 3.8) is 0 Å². The van der Waals surface area contributed by atoms with Crippen LogP contribution in [0.3, 0.4) is 0 Å². The average molecular weight is 364 g/mol. The third kappa shape index (κ3) is 3.65. The van der Waals surface area contributed by atoms with Gasteiger partial charge in [-0.05, 0) is 24.6 Å². The van der Waals surface area contributed by atoms with Gasteiger partial charge in [-0.25, -0.2) is 9.59 Å². The first kappa shape index (κ1) is 16.0. The molecule has 7 heteroatoms. The Morgan fingerprint density at radius 3 is 2.95 bits per heavy atom. The van der Waals surface area contributed by atoms with Crippen molar-refractivity contribution in [1.29, 1.82) is 5.26 Å². The fourth-order valence-corrected chi connectivity index (χ4v) is 2.58. The fraction of sp³-hybridized carbons (Fsp3) is 0.267. The van der Waals surface area contributed by atoms with Crippen molar-refractivity contribution in [3.8, 4) is 6.07 Å². The number of carbonyl (C=O) groups excluding carboxylic acids is 2. The zero-order valence-corrected chi connectivity index (χ0v) is 13.4. The number of nitrogens with zero attached hydrogens (tertiary/aromatic N) is 1. The van der Waals surface area contributed by atoms with Crippen molar-refractivity contribution in [2.45, 2.75) is 19.4 Å². The predicted octanol–water partition coefficient (Wildman–Crippen LogP) is 2.53. The summed E-state index contributed by atoms with van der Waals surface area (Å²) in [5.41, 5.74) is 1.53. The van der Waals surface area contributed by atoms with Gasteiger partial charge < -0.3 is 15.4 Å². The number of hydrogen-bond donors (Lipinski definition) is 2. The summed E-state index contributed by atoms with van der Waals surface area (Å²) in [5.74, 6) is -0.551. The molecule has 0 saturated carbocycles. The topological polar surface area (TPSA) is 91.2 Å². The first-order valence-electron chi connectivity index (χ1n) is 6.60. The summed E-state index contributed by atoms with van der Waals surface area (Å²) in [7, 11) is 0. The minimum atomic E-state index is -0.596. The number of esters is 1. The van der Waals surface area contributed by atoms with E-state index in [-0.39, 0.29) is 19.1 Å². The zero-order chi connectivity index (χ0) is 16.1.